The number of esters is 1. The van der Waals surface area contributed by atoms with Crippen molar-refractivity contribution in [3.8, 4) is 0 Å². The van der Waals surface area contributed by atoms with E-state index < -0.39 is 40.8 Å². The van der Waals surface area contributed by atoms with Crippen LogP contribution in [-0.2, 0) is 9.53 Å². The van der Waals surface area contributed by atoms with Gasteiger partial charge in [-0.15, -0.1) is 0 Å². The van der Waals surface area contributed by atoms with Crippen LogP contribution in [0.2, 0.25) is 0 Å². The molecule has 1 aliphatic heterocycles. The van der Waals surface area contributed by atoms with E-state index in [1.807, 2.05) is 0 Å². The first-order chi connectivity index (χ1) is 9.85. The normalized spacial score (nSPS) is 21.5. The van der Waals surface area contributed by atoms with Gasteiger partial charge in [-0.2, -0.15) is 0 Å². The molecule has 0 saturated carbocycles. The van der Waals surface area contributed by atoms with Gasteiger partial charge in [-0.3, -0.25) is 9.59 Å². The molecule has 2 rings (SSSR count). The maximum absolute atomic E-state index is 13.6. The monoisotopic (exact) mass is 301 g/mol. The molecule has 114 valence electrons. The molecule has 1 aromatic carbocycles. The number of hydrogen-bond donors (Lipinski definition) is 0. The van der Waals surface area contributed by atoms with Gasteiger partial charge >= 0.3 is 5.97 Å². The molecule has 2 atom stereocenters. The molecule has 7 heteroatoms. The molecule has 1 saturated heterocycles. The number of rotatable bonds is 2. The minimum absolute atomic E-state index is 0.0168. The molecule has 0 bridgehead atoms. The number of ether oxygens (including phenoxy) is 1. The molecule has 1 heterocycles. The molecule has 0 aromatic heterocycles. The highest BCUT2D eigenvalue weighted by Crippen LogP contribution is 2.27. The van der Waals surface area contributed by atoms with Crippen LogP contribution in [0.25, 0.3) is 0 Å². The van der Waals surface area contributed by atoms with Crippen LogP contribution in [0.3, 0.4) is 0 Å². The fourth-order valence-electron chi connectivity index (χ4n) is 2.50. The topological polar surface area (TPSA) is 46.6 Å². The average molecular weight is 301 g/mol. The second-order valence-corrected chi connectivity index (χ2v) is 5.06. The summed E-state index contributed by atoms with van der Waals surface area (Å²) in [6, 6.07) is 0.904. The largest absolute Gasteiger partial charge is 0.469 e. The van der Waals surface area contributed by atoms with E-state index in [2.05, 4.69) is 4.74 Å². The quantitative estimate of drug-likeness (QED) is 0.785. The van der Waals surface area contributed by atoms with Crippen molar-refractivity contribution in [2.45, 2.75) is 6.92 Å². The van der Waals surface area contributed by atoms with Gasteiger partial charge < -0.3 is 9.64 Å². The van der Waals surface area contributed by atoms with Crippen LogP contribution in [0.4, 0.5) is 13.2 Å². The van der Waals surface area contributed by atoms with E-state index in [0.717, 1.165) is 0 Å². The molecule has 4 nitrogen and oxygen atoms in total. The Hall–Kier alpha value is -2.05. The molecular weight excluding hydrogens is 287 g/mol. The van der Waals surface area contributed by atoms with Crippen LogP contribution in [-0.4, -0.2) is 37.0 Å². The number of likely N-dealkylation sites (tertiary alicyclic amines) is 1. The first-order valence-corrected chi connectivity index (χ1v) is 6.36. The Morgan fingerprint density at radius 2 is 1.76 bits per heavy atom. The highest BCUT2D eigenvalue weighted by Gasteiger charge is 2.39. The summed E-state index contributed by atoms with van der Waals surface area (Å²) in [6.07, 6.45) is 0. The zero-order valence-electron chi connectivity index (χ0n) is 11.5. The van der Waals surface area contributed by atoms with Gasteiger partial charge in [-0.1, -0.05) is 6.92 Å². The minimum Gasteiger partial charge on any atom is -0.469 e. The van der Waals surface area contributed by atoms with Crippen molar-refractivity contribution in [2.24, 2.45) is 11.8 Å². The zero-order chi connectivity index (χ0) is 15.7. The van der Waals surface area contributed by atoms with Crippen LogP contribution in [0.15, 0.2) is 12.1 Å². The van der Waals surface area contributed by atoms with Crippen LogP contribution in [0, 0.1) is 29.3 Å². The lowest BCUT2D eigenvalue weighted by atomic mass is 9.99. The first kappa shape index (κ1) is 15.3. The van der Waals surface area contributed by atoms with Gasteiger partial charge in [-0.05, 0) is 5.92 Å². The predicted molar refractivity (Wildman–Crippen MR) is 66.9 cm³/mol. The fraction of sp³-hybridized carbons (Fsp3) is 0.429. The maximum Gasteiger partial charge on any atom is 0.310 e. The van der Waals surface area contributed by atoms with Crippen LogP contribution in [0.5, 0.6) is 0 Å². The summed E-state index contributed by atoms with van der Waals surface area (Å²) in [5.74, 6) is -5.71. The zero-order valence-corrected chi connectivity index (χ0v) is 11.5. The van der Waals surface area contributed by atoms with Crippen molar-refractivity contribution in [3.05, 3.63) is 35.1 Å². The molecule has 1 aliphatic rings. The Morgan fingerprint density at radius 1 is 1.19 bits per heavy atom. The van der Waals surface area contributed by atoms with Crippen molar-refractivity contribution in [1.82, 2.24) is 4.90 Å². The van der Waals surface area contributed by atoms with E-state index in [1.54, 1.807) is 6.92 Å². The summed E-state index contributed by atoms with van der Waals surface area (Å²) < 4.78 is 44.7. The van der Waals surface area contributed by atoms with Gasteiger partial charge in [0.15, 0.2) is 0 Å². The van der Waals surface area contributed by atoms with E-state index in [0.29, 0.717) is 12.1 Å². The van der Waals surface area contributed by atoms with Crippen molar-refractivity contribution in [2.75, 3.05) is 20.2 Å². The Labute approximate surface area is 119 Å². The van der Waals surface area contributed by atoms with Crippen molar-refractivity contribution in [1.29, 1.82) is 0 Å². The Morgan fingerprint density at radius 3 is 2.29 bits per heavy atom. The number of amides is 1. The maximum atomic E-state index is 13.6. The summed E-state index contributed by atoms with van der Waals surface area (Å²) >= 11 is 0. The third-order valence-electron chi connectivity index (χ3n) is 3.62. The van der Waals surface area contributed by atoms with Gasteiger partial charge in [0, 0.05) is 25.2 Å². The van der Waals surface area contributed by atoms with E-state index in [-0.39, 0.29) is 19.0 Å². The second kappa shape index (κ2) is 5.75. The number of methoxy groups -OCH3 is 1. The standard InChI is InChI=1S/C14H14F3NO3/c1-7-5-18(6-9(7)14(20)21-2)13(19)12-10(16)3-8(15)4-11(12)17/h3-4,7,9H,5-6H2,1-2H3. The lowest BCUT2D eigenvalue weighted by Crippen LogP contribution is -2.31. The number of carbonyl (C=O) groups is 2. The van der Waals surface area contributed by atoms with Gasteiger partial charge in [0.2, 0.25) is 0 Å². The Kier molecular flexibility index (Phi) is 4.20. The van der Waals surface area contributed by atoms with Gasteiger partial charge in [0.25, 0.3) is 5.91 Å². The number of carbonyl (C=O) groups excluding carboxylic acids is 2. The summed E-state index contributed by atoms with van der Waals surface area (Å²) in [4.78, 5) is 24.9. The highest BCUT2D eigenvalue weighted by molar-refractivity contribution is 5.95. The fourth-order valence-corrected chi connectivity index (χ4v) is 2.50. The molecule has 0 N–H and O–H groups in total. The minimum atomic E-state index is -1.26. The van der Waals surface area contributed by atoms with Crippen LogP contribution in [0.1, 0.15) is 17.3 Å². The van der Waals surface area contributed by atoms with Crippen LogP contribution < -0.4 is 0 Å². The lowest BCUT2D eigenvalue weighted by molar-refractivity contribution is -0.146. The number of nitrogens with zero attached hydrogens (tertiary/aromatic N) is 1. The third kappa shape index (κ3) is 2.86. The third-order valence-corrected chi connectivity index (χ3v) is 3.62. The summed E-state index contributed by atoms with van der Waals surface area (Å²) in [5, 5.41) is 0. The number of hydrogen-bond acceptors (Lipinski definition) is 3. The SMILES string of the molecule is COC(=O)C1CN(C(=O)c2c(F)cc(F)cc2F)CC1C. The lowest BCUT2D eigenvalue weighted by Gasteiger charge is -2.17. The van der Waals surface area contributed by atoms with E-state index in [1.165, 1.54) is 12.0 Å². The average Bonchev–Trinajstić information content (AvgIpc) is 2.78. The molecule has 1 aromatic rings. The van der Waals surface area contributed by atoms with Crippen molar-refractivity contribution < 1.29 is 27.5 Å². The summed E-state index contributed by atoms with van der Waals surface area (Å²) in [5.41, 5.74) is -0.811. The molecule has 1 fully saturated rings. The molecule has 1 amide bonds. The van der Waals surface area contributed by atoms with Gasteiger partial charge in [-0.25, -0.2) is 13.2 Å². The molecule has 0 spiro atoms. The Bertz CT molecular complexity index is 568. The second-order valence-electron chi connectivity index (χ2n) is 5.06. The number of benzene rings is 1. The Balaban J connectivity index is 2.25. The van der Waals surface area contributed by atoms with Crippen molar-refractivity contribution in [3.63, 3.8) is 0 Å². The van der Waals surface area contributed by atoms with Gasteiger partial charge in [0.05, 0.1) is 13.0 Å². The van der Waals surface area contributed by atoms with Crippen molar-refractivity contribution >= 4 is 11.9 Å². The molecule has 0 radical (unpaired) electrons. The summed E-state index contributed by atoms with van der Waals surface area (Å²) in [7, 11) is 1.23. The smallest absolute Gasteiger partial charge is 0.310 e. The molecule has 0 aliphatic carbocycles. The first-order valence-electron chi connectivity index (χ1n) is 6.36. The van der Waals surface area contributed by atoms with E-state index in [9.17, 15) is 22.8 Å². The molecule has 2 unspecified atom stereocenters. The summed E-state index contributed by atoms with van der Waals surface area (Å²) in [6.45, 7) is 1.93. The molecular formula is C14H14F3NO3. The molecule has 21 heavy (non-hydrogen) atoms. The highest BCUT2D eigenvalue weighted by atomic mass is 19.1. The van der Waals surface area contributed by atoms with E-state index in [4.69, 9.17) is 0 Å². The van der Waals surface area contributed by atoms with Crippen LogP contribution >= 0.6 is 0 Å². The van der Waals surface area contributed by atoms with E-state index >= 15 is 0 Å². The predicted octanol–water partition coefficient (Wildman–Crippen LogP) is 1.99. The number of halogens is 3. The van der Waals surface area contributed by atoms with Gasteiger partial charge in [0.1, 0.15) is 23.0 Å².